The summed E-state index contributed by atoms with van der Waals surface area (Å²) in [6.45, 7) is 8.24. The van der Waals surface area contributed by atoms with Crippen LogP contribution in [0.1, 0.15) is 64.2 Å². The molecule has 2 aliphatic carbocycles. The first-order valence-corrected chi connectivity index (χ1v) is 11.1. The van der Waals surface area contributed by atoms with Crippen LogP contribution >= 0.6 is 0 Å². The summed E-state index contributed by atoms with van der Waals surface area (Å²) >= 11 is 0. The van der Waals surface area contributed by atoms with Crippen LogP contribution in [-0.4, -0.2) is 8.07 Å². The quantitative estimate of drug-likeness (QED) is 0.385. The summed E-state index contributed by atoms with van der Waals surface area (Å²) in [7, 11) is -1.23. The van der Waals surface area contributed by atoms with Gasteiger partial charge in [-0.25, -0.2) is 0 Å². The normalized spacial score (nSPS) is 23.2. The van der Waals surface area contributed by atoms with Crippen LogP contribution in [0.2, 0.25) is 23.2 Å². The molecule has 0 nitrogen and oxygen atoms in total. The molecule has 0 heterocycles. The van der Waals surface area contributed by atoms with Crippen molar-refractivity contribution in [1.29, 1.82) is 0 Å². The van der Waals surface area contributed by atoms with E-state index in [0.29, 0.717) is 0 Å². The highest BCUT2D eigenvalue weighted by Crippen LogP contribution is 2.52. The molecule has 0 aromatic heterocycles. The van der Waals surface area contributed by atoms with Gasteiger partial charge in [-0.2, -0.15) is 0 Å². The Hall–Kier alpha value is -0.303. The second-order valence-electron chi connectivity index (χ2n) is 6.89. The van der Waals surface area contributed by atoms with Crippen molar-refractivity contribution in [3.63, 3.8) is 0 Å². The number of rotatable bonds is 6. The molecule has 0 aromatic carbocycles. The van der Waals surface area contributed by atoms with Gasteiger partial charge in [0.25, 0.3) is 0 Å². The van der Waals surface area contributed by atoms with Crippen molar-refractivity contribution in [2.75, 3.05) is 0 Å². The monoisotopic (exact) mass is 276 g/mol. The minimum atomic E-state index is -1.23. The molecule has 0 amide bonds. The maximum Gasteiger partial charge on any atom is 0.0672 e. The van der Waals surface area contributed by atoms with E-state index in [1.54, 1.807) is 0 Å². The third-order valence-corrected chi connectivity index (χ3v) is 12.4. The van der Waals surface area contributed by atoms with E-state index in [4.69, 9.17) is 0 Å². The Bertz CT molecular complexity index is 252. The topological polar surface area (TPSA) is 0 Å². The summed E-state index contributed by atoms with van der Waals surface area (Å²) in [5.41, 5.74) is 2.14. The lowest BCUT2D eigenvalue weighted by atomic mass is 9.99. The van der Waals surface area contributed by atoms with E-state index < -0.39 is 8.07 Å². The van der Waals surface area contributed by atoms with Gasteiger partial charge in [-0.15, -0.1) is 13.2 Å². The van der Waals surface area contributed by atoms with E-state index in [-0.39, 0.29) is 0 Å². The highest BCUT2D eigenvalue weighted by atomic mass is 28.3. The molecule has 0 aliphatic heterocycles. The van der Waals surface area contributed by atoms with Gasteiger partial charge in [-0.3, -0.25) is 0 Å². The van der Waals surface area contributed by atoms with Crippen molar-refractivity contribution in [3.05, 3.63) is 25.3 Å². The van der Waals surface area contributed by atoms with Crippen molar-refractivity contribution in [1.82, 2.24) is 0 Å². The van der Waals surface area contributed by atoms with Gasteiger partial charge in [0.15, 0.2) is 0 Å². The SMILES string of the molecule is C=CC[Si](CC=C)(C1CCCCC1)C1CCCCC1. The third kappa shape index (κ3) is 3.42. The van der Waals surface area contributed by atoms with Gasteiger partial charge >= 0.3 is 0 Å². The van der Waals surface area contributed by atoms with Crippen LogP contribution in [0.4, 0.5) is 0 Å². The van der Waals surface area contributed by atoms with Crippen LogP contribution in [0.3, 0.4) is 0 Å². The predicted octanol–water partition coefficient (Wildman–Crippen LogP) is 6.48. The van der Waals surface area contributed by atoms with Crippen molar-refractivity contribution in [2.24, 2.45) is 0 Å². The first kappa shape index (κ1) is 15.1. The van der Waals surface area contributed by atoms with Crippen LogP contribution < -0.4 is 0 Å². The Morgan fingerprint density at radius 3 is 1.37 bits per heavy atom. The molecule has 0 spiro atoms. The maximum absolute atomic E-state index is 4.12. The third-order valence-electron chi connectivity index (χ3n) is 5.89. The molecule has 2 fully saturated rings. The molecular weight excluding hydrogens is 244 g/mol. The zero-order valence-electron chi connectivity index (χ0n) is 12.7. The summed E-state index contributed by atoms with van der Waals surface area (Å²) in [5.74, 6) is 0. The second-order valence-corrected chi connectivity index (χ2v) is 11.8. The van der Waals surface area contributed by atoms with Gasteiger partial charge in [-0.1, -0.05) is 76.4 Å². The average molecular weight is 277 g/mol. The van der Waals surface area contributed by atoms with E-state index in [1.807, 2.05) is 0 Å². The largest absolute Gasteiger partial charge is 0.103 e. The lowest BCUT2D eigenvalue weighted by Gasteiger charge is -2.47. The summed E-state index contributed by atoms with van der Waals surface area (Å²) in [6, 6.07) is 2.71. The predicted molar refractivity (Wildman–Crippen MR) is 89.4 cm³/mol. The Kier molecular flexibility index (Phi) is 5.94. The van der Waals surface area contributed by atoms with Gasteiger partial charge in [0, 0.05) is 0 Å². The molecule has 0 atom stereocenters. The summed E-state index contributed by atoms with van der Waals surface area (Å²) in [5, 5.41) is 0. The molecule has 0 saturated heterocycles. The van der Waals surface area contributed by atoms with Crippen molar-refractivity contribution < 1.29 is 0 Å². The molecule has 2 aliphatic rings. The van der Waals surface area contributed by atoms with E-state index in [2.05, 4.69) is 25.3 Å². The lowest BCUT2D eigenvalue weighted by Crippen LogP contribution is -2.45. The van der Waals surface area contributed by atoms with E-state index in [0.717, 1.165) is 11.1 Å². The standard InChI is InChI=1S/C18H32Si/c1-3-15-19(16-4-2,17-11-7-5-8-12-17)18-13-9-6-10-14-18/h3-4,17-18H,1-2,5-16H2. The van der Waals surface area contributed by atoms with Crippen molar-refractivity contribution in [2.45, 2.75) is 87.4 Å². The minimum absolute atomic E-state index is 1.07. The van der Waals surface area contributed by atoms with Gasteiger partial charge in [0.1, 0.15) is 0 Å². The van der Waals surface area contributed by atoms with Crippen LogP contribution in [0.25, 0.3) is 0 Å². The fraction of sp³-hybridized carbons (Fsp3) is 0.778. The van der Waals surface area contributed by atoms with Gasteiger partial charge in [-0.05, 0) is 23.2 Å². The Balaban J connectivity index is 2.21. The maximum atomic E-state index is 4.12. The fourth-order valence-electron chi connectivity index (χ4n) is 4.98. The smallest absolute Gasteiger partial charge is 0.0672 e. The zero-order valence-corrected chi connectivity index (χ0v) is 13.7. The Morgan fingerprint density at radius 1 is 0.684 bits per heavy atom. The molecule has 19 heavy (non-hydrogen) atoms. The van der Waals surface area contributed by atoms with Crippen molar-refractivity contribution >= 4 is 8.07 Å². The fourth-order valence-corrected chi connectivity index (χ4v) is 11.3. The van der Waals surface area contributed by atoms with Crippen LogP contribution in [0, 0.1) is 0 Å². The van der Waals surface area contributed by atoms with E-state index in [9.17, 15) is 0 Å². The van der Waals surface area contributed by atoms with Crippen LogP contribution in [0.15, 0.2) is 25.3 Å². The highest BCUT2D eigenvalue weighted by Gasteiger charge is 2.45. The average Bonchev–Trinajstić information content (AvgIpc) is 2.49. The molecule has 0 bridgehead atoms. The molecule has 0 aromatic rings. The van der Waals surface area contributed by atoms with Gasteiger partial charge < -0.3 is 0 Å². The van der Waals surface area contributed by atoms with Crippen LogP contribution in [0.5, 0.6) is 0 Å². The second kappa shape index (κ2) is 7.47. The first-order chi connectivity index (χ1) is 9.33. The minimum Gasteiger partial charge on any atom is -0.103 e. The van der Waals surface area contributed by atoms with Crippen molar-refractivity contribution in [3.8, 4) is 0 Å². The number of hydrogen-bond acceptors (Lipinski definition) is 0. The first-order valence-electron chi connectivity index (χ1n) is 8.55. The van der Waals surface area contributed by atoms with Crippen LogP contribution in [-0.2, 0) is 0 Å². The number of hydrogen-bond donors (Lipinski definition) is 0. The van der Waals surface area contributed by atoms with Gasteiger partial charge in [0.05, 0.1) is 8.07 Å². The van der Waals surface area contributed by atoms with E-state index >= 15 is 0 Å². The Labute approximate surface area is 121 Å². The molecule has 2 saturated carbocycles. The lowest BCUT2D eigenvalue weighted by molar-refractivity contribution is 0.450. The highest BCUT2D eigenvalue weighted by molar-refractivity contribution is 6.83. The molecule has 0 unspecified atom stereocenters. The summed E-state index contributed by atoms with van der Waals surface area (Å²) in [4.78, 5) is 0. The molecule has 0 N–H and O–H groups in total. The Morgan fingerprint density at radius 2 is 1.05 bits per heavy atom. The molecule has 0 radical (unpaired) electrons. The summed E-state index contributed by atoms with van der Waals surface area (Å²) in [6.07, 6.45) is 19.5. The number of allylic oxidation sites excluding steroid dienone is 2. The van der Waals surface area contributed by atoms with Gasteiger partial charge in [0.2, 0.25) is 0 Å². The molecular formula is C18H32Si. The molecule has 2 rings (SSSR count). The summed E-state index contributed by atoms with van der Waals surface area (Å²) < 4.78 is 0. The van der Waals surface area contributed by atoms with E-state index in [1.165, 1.54) is 76.3 Å². The zero-order chi connectivity index (χ0) is 13.6. The molecule has 1 heteroatoms. The molecule has 108 valence electrons.